The minimum absolute atomic E-state index is 0.00553. The van der Waals surface area contributed by atoms with Crippen molar-refractivity contribution in [3.8, 4) is 11.3 Å². The summed E-state index contributed by atoms with van der Waals surface area (Å²) in [4.78, 5) is 25.2. The molecule has 108 valence electrons. The van der Waals surface area contributed by atoms with Gasteiger partial charge in [0.05, 0.1) is 5.69 Å². The van der Waals surface area contributed by atoms with E-state index < -0.39 is 0 Å². The van der Waals surface area contributed by atoms with Crippen LogP contribution in [0.15, 0.2) is 41.2 Å². The van der Waals surface area contributed by atoms with Gasteiger partial charge in [-0.15, -0.1) is 0 Å². The number of rotatable bonds is 3. The van der Waals surface area contributed by atoms with E-state index in [-0.39, 0.29) is 11.5 Å². The summed E-state index contributed by atoms with van der Waals surface area (Å²) in [6.07, 6.45) is 0. The number of hydrogen-bond acceptors (Lipinski definition) is 4. The van der Waals surface area contributed by atoms with Gasteiger partial charge in [-0.1, -0.05) is 12.1 Å². The number of aromatic nitrogens is 2. The molecule has 1 aliphatic heterocycles. The Kier molecular flexibility index (Phi) is 3.53. The summed E-state index contributed by atoms with van der Waals surface area (Å²) in [5.74, 6) is 0.420. The molecule has 1 fully saturated rings. The summed E-state index contributed by atoms with van der Waals surface area (Å²) in [5.41, 5.74) is 7.37. The number of hydrogen-bond donors (Lipinski definition) is 2. The summed E-state index contributed by atoms with van der Waals surface area (Å²) in [6, 6.07) is 10.3. The molecule has 1 aliphatic rings. The van der Waals surface area contributed by atoms with Crippen LogP contribution in [0.5, 0.6) is 0 Å². The van der Waals surface area contributed by atoms with Gasteiger partial charge in [0, 0.05) is 36.2 Å². The Hall–Kier alpha value is -2.47. The zero-order chi connectivity index (χ0) is 14.8. The van der Waals surface area contributed by atoms with Crippen LogP contribution in [0.1, 0.15) is 10.4 Å². The van der Waals surface area contributed by atoms with Crippen LogP contribution in [-0.2, 0) is 0 Å². The topological polar surface area (TPSA) is 92.1 Å². The van der Waals surface area contributed by atoms with Crippen LogP contribution in [0.2, 0.25) is 0 Å². The van der Waals surface area contributed by atoms with Crippen molar-refractivity contribution in [1.29, 1.82) is 0 Å². The molecule has 2 aromatic rings. The SMILES string of the molecule is NCC1CN(C(=O)c2cccc(-c3ccc(=O)[nH]n3)c2)C1. The maximum absolute atomic E-state index is 12.3. The van der Waals surface area contributed by atoms with E-state index in [1.165, 1.54) is 6.07 Å². The van der Waals surface area contributed by atoms with E-state index in [1.54, 1.807) is 23.1 Å². The number of H-pyrrole nitrogens is 1. The summed E-state index contributed by atoms with van der Waals surface area (Å²) in [5, 5.41) is 6.37. The highest BCUT2D eigenvalue weighted by Crippen LogP contribution is 2.21. The van der Waals surface area contributed by atoms with Gasteiger partial charge in [-0.05, 0) is 24.7 Å². The van der Waals surface area contributed by atoms with E-state index in [0.717, 1.165) is 18.7 Å². The predicted molar refractivity (Wildman–Crippen MR) is 78.7 cm³/mol. The van der Waals surface area contributed by atoms with Crippen LogP contribution in [-0.4, -0.2) is 40.6 Å². The molecule has 1 amide bonds. The first-order valence-electron chi connectivity index (χ1n) is 6.83. The largest absolute Gasteiger partial charge is 0.338 e. The molecule has 0 unspecified atom stereocenters. The Morgan fingerprint density at radius 1 is 1.33 bits per heavy atom. The first-order valence-corrected chi connectivity index (χ1v) is 6.83. The molecule has 0 bridgehead atoms. The Balaban J connectivity index is 1.82. The second-order valence-electron chi connectivity index (χ2n) is 5.20. The van der Waals surface area contributed by atoms with Crippen LogP contribution in [0.3, 0.4) is 0 Å². The van der Waals surface area contributed by atoms with Crippen molar-refractivity contribution in [2.24, 2.45) is 11.7 Å². The Bertz CT molecular complexity index is 699. The monoisotopic (exact) mass is 284 g/mol. The van der Waals surface area contributed by atoms with Gasteiger partial charge >= 0.3 is 0 Å². The van der Waals surface area contributed by atoms with E-state index in [4.69, 9.17) is 5.73 Å². The van der Waals surface area contributed by atoms with Gasteiger partial charge in [-0.2, -0.15) is 5.10 Å². The van der Waals surface area contributed by atoms with E-state index in [1.807, 2.05) is 12.1 Å². The zero-order valence-corrected chi connectivity index (χ0v) is 11.5. The molecule has 0 radical (unpaired) electrons. The highest BCUT2D eigenvalue weighted by molar-refractivity contribution is 5.95. The number of nitrogens with zero attached hydrogens (tertiary/aromatic N) is 2. The van der Waals surface area contributed by atoms with Crippen molar-refractivity contribution >= 4 is 5.91 Å². The molecule has 2 heterocycles. The normalized spacial score (nSPS) is 14.8. The van der Waals surface area contributed by atoms with Gasteiger partial charge in [0.15, 0.2) is 0 Å². The average Bonchev–Trinajstić information content (AvgIpc) is 2.47. The predicted octanol–water partition coefficient (Wildman–Crippen LogP) is 0.468. The minimum Gasteiger partial charge on any atom is -0.338 e. The van der Waals surface area contributed by atoms with Crippen LogP contribution >= 0.6 is 0 Å². The second kappa shape index (κ2) is 5.49. The van der Waals surface area contributed by atoms with Gasteiger partial charge in [-0.3, -0.25) is 9.59 Å². The molecular formula is C15H16N4O2. The zero-order valence-electron chi connectivity index (χ0n) is 11.5. The van der Waals surface area contributed by atoms with Crippen LogP contribution in [0.25, 0.3) is 11.3 Å². The molecular weight excluding hydrogens is 268 g/mol. The van der Waals surface area contributed by atoms with Crippen molar-refractivity contribution in [3.05, 3.63) is 52.3 Å². The molecule has 1 aromatic carbocycles. The lowest BCUT2D eigenvalue weighted by Crippen LogP contribution is -2.52. The second-order valence-corrected chi connectivity index (χ2v) is 5.20. The molecule has 1 saturated heterocycles. The Morgan fingerprint density at radius 3 is 2.81 bits per heavy atom. The molecule has 6 heteroatoms. The van der Waals surface area contributed by atoms with Crippen molar-refractivity contribution < 1.29 is 4.79 Å². The standard InChI is InChI=1S/C15H16N4O2/c16-7-10-8-19(9-10)15(21)12-3-1-2-11(6-12)13-4-5-14(20)18-17-13/h1-6,10H,7-9,16H2,(H,18,20). The lowest BCUT2D eigenvalue weighted by Gasteiger charge is -2.38. The van der Waals surface area contributed by atoms with Crippen LogP contribution < -0.4 is 11.3 Å². The quantitative estimate of drug-likeness (QED) is 0.857. The van der Waals surface area contributed by atoms with Crippen LogP contribution in [0.4, 0.5) is 0 Å². The van der Waals surface area contributed by atoms with Crippen molar-refractivity contribution in [2.75, 3.05) is 19.6 Å². The molecule has 0 atom stereocenters. The van der Waals surface area contributed by atoms with Gasteiger partial charge in [0.1, 0.15) is 0 Å². The highest BCUT2D eigenvalue weighted by Gasteiger charge is 2.30. The van der Waals surface area contributed by atoms with Crippen LogP contribution in [0, 0.1) is 5.92 Å². The first kappa shape index (κ1) is 13.5. The molecule has 3 N–H and O–H groups in total. The summed E-state index contributed by atoms with van der Waals surface area (Å²) < 4.78 is 0. The fraction of sp³-hybridized carbons (Fsp3) is 0.267. The molecule has 0 saturated carbocycles. The number of nitrogens with one attached hydrogen (secondary N) is 1. The number of amides is 1. The number of carbonyl (C=O) groups is 1. The number of carbonyl (C=O) groups excluding carboxylic acids is 1. The first-order chi connectivity index (χ1) is 10.2. The van der Waals surface area contributed by atoms with E-state index >= 15 is 0 Å². The third-order valence-electron chi connectivity index (χ3n) is 3.66. The highest BCUT2D eigenvalue weighted by atomic mass is 16.2. The smallest absolute Gasteiger partial charge is 0.264 e. The van der Waals surface area contributed by atoms with E-state index in [9.17, 15) is 9.59 Å². The molecule has 3 rings (SSSR count). The third kappa shape index (κ3) is 2.71. The van der Waals surface area contributed by atoms with Crippen molar-refractivity contribution in [1.82, 2.24) is 15.1 Å². The van der Waals surface area contributed by atoms with Crippen molar-refractivity contribution in [3.63, 3.8) is 0 Å². The lowest BCUT2D eigenvalue weighted by atomic mass is 9.98. The average molecular weight is 284 g/mol. The number of nitrogens with two attached hydrogens (primary N) is 1. The van der Waals surface area contributed by atoms with Crippen molar-refractivity contribution in [2.45, 2.75) is 0 Å². The van der Waals surface area contributed by atoms with Gasteiger partial charge in [0.2, 0.25) is 0 Å². The molecule has 21 heavy (non-hydrogen) atoms. The maximum Gasteiger partial charge on any atom is 0.264 e. The lowest BCUT2D eigenvalue weighted by molar-refractivity contribution is 0.0515. The fourth-order valence-corrected chi connectivity index (χ4v) is 2.38. The number of aromatic amines is 1. The molecule has 1 aromatic heterocycles. The minimum atomic E-state index is -0.251. The number of likely N-dealkylation sites (tertiary alicyclic amines) is 1. The van der Waals surface area contributed by atoms with Gasteiger partial charge < -0.3 is 10.6 Å². The summed E-state index contributed by atoms with van der Waals surface area (Å²) in [7, 11) is 0. The molecule has 0 aliphatic carbocycles. The fourth-order valence-electron chi connectivity index (χ4n) is 2.38. The molecule has 6 nitrogen and oxygen atoms in total. The summed E-state index contributed by atoms with van der Waals surface area (Å²) >= 11 is 0. The Labute approximate surface area is 121 Å². The number of benzene rings is 1. The molecule has 0 spiro atoms. The van der Waals surface area contributed by atoms with Gasteiger partial charge in [-0.25, -0.2) is 5.10 Å². The maximum atomic E-state index is 12.3. The Morgan fingerprint density at radius 2 is 2.14 bits per heavy atom. The van der Waals surface area contributed by atoms with E-state index in [2.05, 4.69) is 10.2 Å². The van der Waals surface area contributed by atoms with E-state index in [0.29, 0.717) is 23.7 Å². The summed E-state index contributed by atoms with van der Waals surface area (Å²) in [6.45, 7) is 2.05. The third-order valence-corrected chi connectivity index (χ3v) is 3.66. The van der Waals surface area contributed by atoms with Gasteiger partial charge in [0.25, 0.3) is 11.5 Å².